The zero-order valence-electron chi connectivity index (χ0n) is 26.7. The van der Waals surface area contributed by atoms with Crippen LogP contribution in [-0.4, -0.2) is 37.5 Å². The van der Waals surface area contributed by atoms with Gasteiger partial charge in [0.25, 0.3) is 10.1 Å². The third-order valence-corrected chi connectivity index (χ3v) is 9.12. The van der Waals surface area contributed by atoms with E-state index in [1.165, 1.54) is 12.1 Å². The minimum Gasteiger partial charge on any atom is -0.412 e. The van der Waals surface area contributed by atoms with Crippen LogP contribution in [0, 0.1) is 18.3 Å². The summed E-state index contributed by atoms with van der Waals surface area (Å²) < 4.78 is 32.9. The molecule has 11 heteroatoms. The van der Waals surface area contributed by atoms with Gasteiger partial charge in [0.1, 0.15) is 0 Å². The molecule has 0 saturated carbocycles. The highest BCUT2D eigenvalue weighted by Gasteiger charge is 2.21. The van der Waals surface area contributed by atoms with Crippen molar-refractivity contribution in [1.82, 2.24) is 19.1 Å². The van der Waals surface area contributed by atoms with Gasteiger partial charge in [0.05, 0.1) is 50.3 Å². The second kappa shape index (κ2) is 12.8. The molecule has 0 radical (unpaired) electrons. The summed E-state index contributed by atoms with van der Waals surface area (Å²) in [5, 5.41) is 11.5. The number of aromatic nitrogens is 4. The van der Waals surface area contributed by atoms with Crippen molar-refractivity contribution >= 4 is 43.0 Å². The highest BCUT2D eigenvalue weighted by atomic mass is 32.2. The molecule has 3 heterocycles. The number of hydrogen-bond donors (Lipinski definition) is 1. The topological polar surface area (TPSA) is 162 Å². The van der Waals surface area contributed by atoms with E-state index in [1.54, 1.807) is 34.5 Å². The number of benzene rings is 4. The van der Waals surface area contributed by atoms with Gasteiger partial charge in [-0.25, -0.2) is 4.79 Å². The van der Waals surface area contributed by atoms with Crippen molar-refractivity contribution in [2.45, 2.75) is 31.1 Å². The van der Waals surface area contributed by atoms with Gasteiger partial charge in [-0.1, -0.05) is 54.1 Å². The number of nitriles is 1. The first kappa shape index (κ1) is 33.7. The summed E-state index contributed by atoms with van der Waals surface area (Å²) in [6.45, 7) is 5.61. The molecule has 10 nitrogen and oxygen atoms in total. The molecule has 0 saturated heterocycles. The first-order chi connectivity index (χ1) is 22.4. The Morgan fingerprint density at radius 2 is 1.50 bits per heavy atom. The van der Waals surface area contributed by atoms with Crippen molar-refractivity contribution in [3.8, 4) is 22.9 Å². The van der Waals surface area contributed by atoms with E-state index in [0.29, 0.717) is 0 Å². The first-order valence-corrected chi connectivity index (χ1v) is 16.2. The molecule has 0 spiro atoms. The number of hydrogen-bond acceptors (Lipinski definition) is 6. The number of fused-ring (bicyclic) bond motifs is 4. The van der Waals surface area contributed by atoms with Gasteiger partial charge in [-0.15, -0.1) is 0 Å². The predicted molar refractivity (Wildman–Crippen MR) is 188 cm³/mol. The Bertz CT molecular complexity index is 2510. The van der Waals surface area contributed by atoms with E-state index in [2.05, 4.69) is 34.2 Å². The van der Waals surface area contributed by atoms with Crippen molar-refractivity contribution in [1.29, 1.82) is 5.26 Å². The molecule has 0 fully saturated rings. The third-order valence-electron chi connectivity index (χ3n) is 8.25. The summed E-state index contributed by atoms with van der Waals surface area (Å²) in [4.78, 5) is 22.6. The molecule has 0 aliphatic heterocycles. The van der Waals surface area contributed by atoms with E-state index in [9.17, 15) is 18.5 Å². The first-order valence-electron chi connectivity index (χ1n) is 14.8. The maximum Gasteiger partial charge on any atom is 0.333 e. The predicted octanol–water partition coefficient (Wildman–Crippen LogP) is 6.31. The maximum atomic E-state index is 13.4. The van der Waals surface area contributed by atoms with E-state index in [0.717, 1.165) is 60.8 Å². The Balaban J connectivity index is 0.000000322. The third kappa shape index (κ3) is 6.32. The molecule has 0 bridgehead atoms. The fourth-order valence-corrected chi connectivity index (χ4v) is 5.93. The zero-order valence-corrected chi connectivity index (χ0v) is 27.5. The van der Waals surface area contributed by atoms with E-state index >= 15 is 0 Å². The number of imidazole rings is 1. The lowest BCUT2D eigenvalue weighted by Gasteiger charge is -2.16. The number of para-hydroxylation sites is 1. The minimum absolute atomic E-state index is 0. The molecular weight excluding hydrogens is 627 g/mol. The fourth-order valence-electron chi connectivity index (χ4n) is 5.45. The highest BCUT2D eigenvalue weighted by Crippen LogP contribution is 2.31. The summed E-state index contributed by atoms with van der Waals surface area (Å²) >= 11 is 0. The smallest absolute Gasteiger partial charge is 0.333 e. The molecule has 3 aromatic heterocycles. The van der Waals surface area contributed by atoms with Gasteiger partial charge in [0, 0.05) is 29.6 Å². The Kier molecular flexibility index (Phi) is 9.02. The quantitative estimate of drug-likeness (QED) is 0.216. The van der Waals surface area contributed by atoms with Crippen LogP contribution in [0.3, 0.4) is 0 Å². The van der Waals surface area contributed by atoms with Gasteiger partial charge in [0.2, 0.25) is 0 Å². The summed E-state index contributed by atoms with van der Waals surface area (Å²) in [7, 11) is -2.26. The monoisotopic (exact) mass is 659 g/mol. The van der Waals surface area contributed by atoms with Crippen LogP contribution in [0.1, 0.15) is 25.0 Å². The molecule has 7 aromatic rings. The lowest BCUT2D eigenvalue weighted by molar-refractivity contribution is 0.483. The van der Waals surface area contributed by atoms with Crippen LogP contribution in [0.4, 0.5) is 0 Å². The molecule has 0 amide bonds. The van der Waals surface area contributed by atoms with Crippen molar-refractivity contribution in [3.05, 3.63) is 131 Å². The summed E-state index contributed by atoms with van der Waals surface area (Å²) in [5.74, 6) is 0. The Morgan fingerprint density at radius 1 is 0.833 bits per heavy atom. The van der Waals surface area contributed by atoms with Crippen molar-refractivity contribution in [2.24, 2.45) is 7.05 Å². The van der Waals surface area contributed by atoms with Gasteiger partial charge >= 0.3 is 5.69 Å². The fraction of sp³-hybridized carbons (Fsp3) is 0.135. The molecule has 48 heavy (non-hydrogen) atoms. The lowest BCUT2D eigenvalue weighted by Crippen LogP contribution is -2.21. The largest absolute Gasteiger partial charge is 0.412 e. The summed E-state index contributed by atoms with van der Waals surface area (Å²) in [5.41, 5.74) is 7.16. The number of nitrogens with zero attached hydrogens (tertiary/aromatic N) is 5. The van der Waals surface area contributed by atoms with Gasteiger partial charge in [-0.05, 0) is 80.4 Å². The van der Waals surface area contributed by atoms with Crippen LogP contribution in [0.25, 0.3) is 49.7 Å². The maximum absolute atomic E-state index is 13.4. The molecule has 242 valence electrons. The molecule has 7 rings (SSSR count). The van der Waals surface area contributed by atoms with Gasteiger partial charge < -0.3 is 5.48 Å². The van der Waals surface area contributed by atoms with Crippen LogP contribution in [-0.2, 0) is 22.6 Å². The Labute approximate surface area is 277 Å². The SMILES string of the molecule is Cc1ccc(S(=O)(=O)O)cc1.Cn1c(=O)n(-c2ccc(C(C)(C)C#N)cc2)c2c3cc(-c4cnc5ccccc5c4)ccc3ncc21.O. The zero-order chi connectivity index (χ0) is 33.5. The minimum atomic E-state index is -4.02. The van der Waals surface area contributed by atoms with Gasteiger partial charge in [0.15, 0.2) is 0 Å². The molecule has 3 N–H and O–H groups in total. The van der Waals surface area contributed by atoms with E-state index in [4.69, 9.17) is 4.55 Å². The second-order valence-electron chi connectivity index (χ2n) is 11.9. The number of rotatable bonds is 4. The molecule has 0 unspecified atom stereocenters. The van der Waals surface area contributed by atoms with Crippen molar-refractivity contribution < 1.29 is 18.4 Å². The molecule has 0 atom stereocenters. The second-order valence-corrected chi connectivity index (χ2v) is 13.3. The summed E-state index contributed by atoms with van der Waals surface area (Å²) in [6, 6.07) is 32.2. The molecule has 0 aliphatic rings. The summed E-state index contributed by atoms with van der Waals surface area (Å²) in [6.07, 6.45) is 3.63. The number of pyridine rings is 2. The van der Waals surface area contributed by atoms with E-state index in [-0.39, 0.29) is 16.1 Å². The molecule has 4 aromatic carbocycles. The van der Waals surface area contributed by atoms with E-state index < -0.39 is 15.5 Å². The Hall–Kier alpha value is -5.67. The lowest BCUT2D eigenvalue weighted by atomic mass is 9.86. The average Bonchev–Trinajstić information content (AvgIpc) is 3.33. The van der Waals surface area contributed by atoms with Crippen LogP contribution in [0.5, 0.6) is 0 Å². The van der Waals surface area contributed by atoms with Crippen LogP contribution >= 0.6 is 0 Å². The average molecular weight is 660 g/mol. The normalized spacial score (nSPS) is 11.5. The van der Waals surface area contributed by atoms with Crippen molar-refractivity contribution in [2.75, 3.05) is 0 Å². The Morgan fingerprint density at radius 3 is 2.17 bits per heavy atom. The molecule has 0 aliphatic carbocycles. The highest BCUT2D eigenvalue weighted by molar-refractivity contribution is 7.85. The molecular formula is C37H33N5O5S. The van der Waals surface area contributed by atoms with Crippen LogP contribution in [0.2, 0.25) is 0 Å². The van der Waals surface area contributed by atoms with Crippen LogP contribution in [0.15, 0.2) is 119 Å². The number of aryl methyl sites for hydroxylation is 2. The van der Waals surface area contributed by atoms with Gasteiger partial charge in [-0.2, -0.15) is 13.7 Å². The van der Waals surface area contributed by atoms with Crippen molar-refractivity contribution in [3.63, 3.8) is 0 Å². The van der Waals surface area contributed by atoms with E-state index in [1.807, 2.05) is 81.6 Å². The van der Waals surface area contributed by atoms with Gasteiger partial charge in [-0.3, -0.25) is 23.7 Å². The standard InChI is InChI=1S/C30H23N5O.C7H8O3S.H2O/c1-30(2,18-31)22-9-11-23(12-10-22)35-28-24-15-19(21-14-20-6-4-5-7-25(20)32-16-21)8-13-26(24)33-17-27(28)34(3)29(35)36;1-6-2-4-7(5-3-6)11(8,9)10;/h4-17H,1-3H3;2-5H,1H3,(H,8,9,10);1H2. The van der Waals surface area contributed by atoms with Crippen LogP contribution < -0.4 is 5.69 Å².